The maximum atomic E-state index is 12.9. The summed E-state index contributed by atoms with van der Waals surface area (Å²) in [5, 5.41) is 8.31. The van der Waals surface area contributed by atoms with Crippen LogP contribution in [0.5, 0.6) is 0 Å². The quantitative estimate of drug-likeness (QED) is 0.792. The van der Waals surface area contributed by atoms with Crippen LogP contribution in [0.3, 0.4) is 0 Å². The van der Waals surface area contributed by atoms with Crippen LogP contribution in [-0.4, -0.2) is 15.0 Å². The minimum atomic E-state index is -0.205. The molecule has 1 aliphatic rings. The first kappa shape index (κ1) is 10.4. The second-order valence-electron chi connectivity index (χ2n) is 4.28. The highest BCUT2D eigenvalue weighted by Crippen LogP contribution is 2.31. The molecule has 1 aromatic heterocycles. The molecule has 0 aliphatic carbocycles. The number of hydrogen-bond acceptors (Lipinski definition) is 2. The second kappa shape index (κ2) is 3.95. The van der Waals surface area contributed by atoms with Gasteiger partial charge in [0.15, 0.2) is 0 Å². The summed E-state index contributed by atoms with van der Waals surface area (Å²) < 4.78 is 14.8. The summed E-state index contributed by atoms with van der Waals surface area (Å²) >= 11 is 0. The fraction of sp³-hybridized carbons (Fsp3) is 0.308. The van der Waals surface area contributed by atoms with Gasteiger partial charge in [-0.3, -0.25) is 0 Å². The van der Waals surface area contributed by atoms with Crippen molar-refractivity contribution >= 4 is 0 Å². The topological polar surface area (TPSA) is 30.7 Å². The number of aromatic nitrogens is 3. The SMILES string of the molecule is [CH2]Cc1nnn2c1CCC2c1ccc(F)cc1. The van der Waals surface area contributed by atoms with Crippen molar-refractivity contribution in [3.63, 3.8) is 0 Å². The monoisotopic (exact) mass is 230 g/mol. The number of halogens is 1. The minimum absolute atomic E-state index is 0.193. The van der Waals surface area contributed by atoms with E-state index in [1.165, 1.54) is 17.8 Å². The Balaban J connectivity index is 1.98. The summed E-state index contributed by atoms with van der Waals surface area (Å²) in [7, 11) is 0. The van der Waals surface area contributed by atoms with E-state index in [2.05, 4.69) is 17.2 Å². The Kier molecular flexibility index (Phi) is 2.42. The zero-order valence-corrected chi connectivity index (χ0v) is 9.43. The Morgan fingerprint density at radius 2 is 2.12 bits per heavy atom. The molecule has 0 saturated heterocycles. The Labute approximate surface area is 99.3 Å². The van der Waals surface area contributed by atoms with E-state index < -0.39 is 0 Å². The van der Waals surface area contributed by atoms with E-state index in [9.17, 15) is 4.39 Å². The first-order chi connectivity index (χ1) is 8.29. The lowest BCUT2D eigenvalue weighted by Crippen LogP contribution is -2.07. The molecule has 0 bridgehead atoms. The van der Waals surface area contributed by atoms with Crippen molar-refractivity contribution in [1.29, 1.82) is 0 Å². The lowest BCUT2D eigenvalue weighted by molar-refractivity contribution is 0.532. The summed E-state index contributed by atoms with van der Waals surface area (Å²) in [4.78, 5) is 0. The first-order valence-electron chi connectivity index (χ1n) is 5.77. The summed E-state index contributed by atoms with van der Waals surface area (Å²) in [5.74, 6) is -0.205. The third-order valence-corrected chi connectivity index (χ3v) is 3.31. The van der Waals surface area contributed by atoms with Crippen molar-refractivity contribution < 1.29 is 4.39 Å². The van der Waals surface area contributed by atoms with Crippen LogP contribution < -0.4 is 0 Å². The molecule has 2 heterocycles. The van der Waals surface area contributed by atoms with Crippen LogP contribution in [0.15, 0.2) is 24.3 Å². The number of nitrogens with zero attached hydrogens (tertiary/aromatic N) is 3. The zero-order valence-electron chi connectivity index (χ0n) is 9.43. The van der Waals surface area contributed by atoms with Gasteiger partial charge in [0.2, 0.25) is 0 Å². The number of benzene rings is 1. The molecule has 1 radical (unpaired) electrons. The minimum Gasteiger partial charge on any atom is -0.242 e. The summed E-state index contributed by atoms with van der Waals surface area (Å²) in [6.45, 7) is 3.85. The molecule has 1 aromatic carbocycles. The van der Waals surface area contributed by atoms with Gasteiger partial charge in [-0.2, -0.15) is 0 Å². The van der Waals surface area contributed by atoms with Gasteiger partial charge in [0.1, 0.15) is 5.82 Å². The molecule has 2 aromatic rings. The van der Waals surface area contributed by atoms with Crippen molar-refractivity contribution in [2.45, 2.75) is 25.3 Å². The number of rotatable bonds is 2. The molecule has 0 N–H and O–H groups in total. The number of fused-ring (bicyclic) bond motifs is 1. The van der Waals surface area contributed by atoms with Gasteiger partial charge in [-0.05, 0) is 43.9 Å². The van der Waals surface area contributed by atoms with Crippen LogP contribution >= 0.6 is 0 Å². The lowest BCUT2D eigenvalue weighted by Gasteiger charge is -2.11. The molecule has 3 rings (SSSR count). The van der Waals surface area contributed by atoms with Gasteiger partial charge in [0.05, 0.1) is 17.4 Å². The smallest absolute Gasteiger partial charge is 0.123 e. The highest BCUT2D eigenvalue weighted by Gasteiger charge is 2.27. The molecule has 1 unspecified atom stereocenters. The van der Waals surface area contributed by atoms with Crippen LogP contribution in [0.25, 0.3) is 0 Å². The largest absolute Gasteiger partial charge is 0.242 e. The highest BCUT2D eigenvalue weighted by molar-refractivity contribution is 5.26. The molecule has 87 valence electrons. The van der Waals surface area contributed by atoms with Gasteiger partial charge in [0.25, 0.3) is 0 Å². The normalized spacial score (nSPS) is 18.4. The maximum absolute atomic E-state index is 12.9. The van der Waals surface area contributed by atoms with Crippen molar-refractivity contribution in [2.75, 3.05) is 0 Å². The fourth-order valence-electron chi connectivity index (χ4n) is 2.44. The van der Waals surface area contributed by atoms with Gasteiger partial charge in [-0.1, -0.05) is 17.3 Å². The molecule has 0 amide bonds. The van der Waals surface area contributed by atoms with E-state index in [1.807, 2.05) is 16.8 Å². The Hall–Kier alpha value is -1.71. The van der Waals surface area contributed by atoms with Crippen molar-refractivity contribution in [2.24, 2.45) is 0 Å². The van der Waals surface area contributed by atoms with Crippen molar-refractivity contribution in [1.82, 2.24) is 15.0 Å². The molecule has 3 nitrogen and oxygen atoms in total. The van der Waals surface area contributed by atoms with Gasteiger partial charge in [-0.15, -0.1) is 5.10 Å². The molecule has 0 saturated carbocycles. The van der Waals surface area contributed by atoms with Crippen molar-refractivity contribution in [3.8, 4) is 0 Å². The van der Waals surface area contributed by atoms with Gasteiger partial charge < -0.3 is 0 Å². The average Bonchev–Trinajstić information content (AvgIpc) is 2.91. The Morgan fingerprint density at radius 3 is 2.82 bits per heavy atom. The number of hydrogen-bond donors (Lipinski definition) is 0. The van der Waals surface area contributed by atoms with Crippen LogP contribution in [0, 0.1) is 12.7 Å². The fourth-order valence-corrected chi connectivity index (χ4v) is 2.44. The average molecular weight is 230 g/mol. The zero-order chi connectivity index (χ0) is 11.8. The predicted molar refractivity (Wildman–Crippen MR) is 61.9 cm³/mol. The molecule has 1 atom stereocenters. The predicted octanol–water partition coefficient (Wildman–Crippen LogP) is 2.33. The summed E-state index contributed by atoms with van der Waals surface area (Å²) in [6.07, 6.45) is 2.65. The van der Waals surface area contributed by atoms with Gasteiger partial charge in [0, 0.05) is 0 Å². The second-order valence-corrected chi connectivity index (χ2v) is 4.28. The van der Waals surface area contributed by atoms with E-state index in [0.29, 0.717) is 6.42 Å². The first-order valence-corrected chi connectivity index (χ1v) is 5.77. The van der Waals surface area contributed by atoms with Gasteiger partial charge in [-0.25, -0.2) is 9.07 Å². The standard InChI is InChI=1S/C13H13FN3/c1-2-11-13-8-7-12(17(13)16-15-11)9-3-5-10(14)6-4-9/h3-6,12H,1-2,7-8H2. The third kappa shape index (κ3) is 1.64. The lowest BCUT2D eigenvalue weighted by atomic mass is 10.0. The van der Waals surface area contributed by atoms with Gasteiger partial charge >= 0.3 is 0 Å². The third-order valence-electron chi connectivity index (χ3n) is 3.31. The van der Waals surface area contributed by atoms with E-state index in [1.54, 1.807) is 0 Å². The van der Waals surface area contributed by atoms with Crippen molar-refractivity contribution in [3.05, 3.63) is 54.0 Å². The molecule has 1 aliphatic heterocycles. The highest BCUT2D eigenvalue weighted by atomic mass is 19.1. The van der Waals surface area contributed by atoms with Crippen LogP contribution in [0.4, 0.5) is 4.39 Å². The summed E-state index contributed by atoms with van der Waals surface area (Å²) in [5.41, 5.74) is 3.24. The van der Waals surface area contributed by atoms with E-state index in [-0.39, 0.29) is 11.9 Å². The molecular weight excluding hydrogens is 217 g/mol. The van der Waals surface area contributed by atoms with Crippen LogP contribution in [0.1, 0.15) is 29.4 Å². The molecule has 0 spiro atoms. The molecule has 17 heavy (non-hydrogen) atoms. The Bertz CT molecular complexity index is 530. The maximum Gasteiger partial charge on any atom is 0.123 e. The van der Waals surface area contributed by atoms with E-state index >= 15 is 0 Å². The van der Waals surface area contributed by atoms with Crippen LogP contribution in [0.2, 0.25) is 0 Å². The Morgan fingerprint density at radius 1 is 1.35 bits per heavy atom. The van der Waals surface area contributed by atoms with E-state index in [4.69, 9.17) is 0 Å². The molecule has 0 fully saturated rings. The van der Waals surface area contributed by atoms with E-state index in [0.717, 1.165) is 24.1 Å². The molecule has 4 heteroatoms. The summed E-state index contributed by atoms with van der Waals surface area (Å²) in [6, 6.07) is 6.82. The molecular formula is C13H13FN3. The van der Waals surface area contributed by atoms with Crippen LogP contribution in [-0.2, 0) is 12.8 Å².